The number of hydrogen-bond acceptors (Lipinski definition) is 4. The third kappa shape index (κ3) is 3.18. The lowest BCUT2D eigenvalue weighted by molar-refractivity contribution is 0.552. The van der Waals surface area contributed by atoms with Gasteiger partial charge in [0, 0.05) is 16.6 Å². The lowest BCUT2D eigenvalue weighted by Crippen LogP contribution is -2.42. The van der Waals surface area contributed by atoms with Crippen molar-refractivity contribution in [1.82, 2.24) is 19.1 Å². The first-order chi connectivity index (χ1) is 15.5. The number of fused-ring (bicyclic) bond motifs is 2. The van der Waals surface area contributed by atoms with E-state index in [4.69, 9.17) is 11.6 Å². The molecule has 5 rings (SSSR count). The van der Waals surface area contributed by atoms with Gasteiger partial charge in [0.15, 0.2) is 5.65 Å². The van der Waals surface area contributed by atoms with Crippen molar-refractivity contribution in [2.45, 2.75) is 13.0 Å². The maximum absolute atomic E-state index is 14.7. The highest BCUT2D eigenvalue weighted by molar-refractivity contribution is 6.30. The fourth-order valence-electron chi connectivity index (χ4n) is 3.82. The Labute approximate surface area is 186 Å². The topological polar surface area (TPSA) is 69.8 Å². The van der Waals surface area contributed by atoms with Gasteiger partial charge in [-0.1, -0.05) is 35.9 Å². The van der Waals surface area contributed by atoms with Crippen molar-refractivity contribution >= 4 is 33.5 Å². The third-order valence-electron chi connectivity index (χ3n) is 5.43. The molecule has 32 heavy (non-hydrogen) atoms. The highest BCUT2D eigenvalue weighted by atomic mass is 35.5. The van der Waals surface area contributed by atoms with E-state index in [0.717, 1.165) is 20.0 Å². The van der Waals surface area contributed by atoms with E-state index in [1.165, 1.54) is 24.4 Å². The Morgan fingerprint density at radius 1 is 1.00 bits per heavy atom. The summed E-state index contributed by atoms with van der Waals surface area (Å²) in [5, 5.41) is 1.37. The molecule has 6 nitrogen and oxygen atoms in total. The number of aromatic nitrogens is 4. The van der Waals surface area contributed by atoms with Crippen LogP contribution >= 0.6 is 11.6 Å². The Bertz CT molecular complexity index is 1630. The van der Waals surface area contributed by atoms with Gasteiger partial charge in [0.2, 0.25) is 0 Å². The van der Waals surface area contributed by atoms with Gasteiger partial charge in [-0.2, -0.15) is 0 Å². The van der Waals surface area contributed by atoms with Crippen LogP contribution < -0.4 is 11.2 Å². The lowest BCUT2D eigenvalue weighted by atomic mass is 10.1. The molecule has 3 heterocycles. The summed E-state index contributed by atoms with van der Waals surface area (Å²) in [5.41, 5.74) is -0.0147. The first-order valence-electron chi connectivity index (χ1n) is 9.89. The zero-order valence-corrected chi connectivity index (χ0v) is 17.6. The van der Waals surface area contributed by atoms with Gasteiger partial charge in [-0.3, -0.25) is 14.3 Å². The van der Waals surface area contributed by atoms with Gasteiger partial charge in [-0.25, -0.2) is 18.7 Å². The molecule has 0 aliphatic heterocycles. The van der Waals surface area contributed by atoms with E-state index >= 15 is 0 Å². The van der Waals surface area contributed by atoms with Crippen LogP contribution in [-0.4, -0.2) is 19.1 Å². The number of para-hydroxylation sites is 1. The van der Waals surface area contributed by atoms with Crippen LogP contribution in [0.15, 0.2) is 82.5 Å². The van der Waals surface area contributed by atoms with Crippen LogP contribution in [0.25, 0.3) is 27.6 Å². The fourth-order valence-corrected chi connectivity index (χ4v) is 3.99. The second-order valence-electron chi connectivity index (χ2n) is 7.37. The number of rotatable bonds is 3. The standard InChI is InChI=1S/C24H16ClFN4O2/c1-14(19-11-8-15-5-2-3-7-20(15)28-19)29-23(31)17-6-4-12-27-22(17)30(24(29)32)21-13-16(25)9-10-18(21)26/h2-14H,1H3. The molecule has 8 heteroatoms. The quantitative estimate of drug-likeness (QED) is 0.409. The van der Waals surface area contributed by atoms with Crippen LogP contribution in [0.5, 0.6) is 0 Å². The van der Waals surface area contributed by atoms with Crippen molar-refractivity contribution < 1.29 is 4.39 Å². The number of halogens is 2. The van der Waals surface area contributed by atoms with Crippen molar-refractivity contribution in [3.05, 3.63) is 110 Å². The van der Waals surface area contributed by atoms with E-state index in [1.807, 2.05) is 30.3 Å². The highest BCUT2D eigenvalue weighted by Gasteiger charge is 2.22. The van der Waals surface area contributed by atoms with Crippen LogP contribution in [0.4, 0.5) is 4.39 Å². The molecule has 0 radical (unpaired) electrons. The molecule has 2 aromatic carbocycles. The SMILES string of the molecule is CC(c1ccc2ccccc2n1)n1c(=O)c2cccnc2n(-c2cc(Cl)ccc2F)c1=O. The zero-order chi connectivity index (χ0) is 22.4. The summed E-state index contributed by atoms with van der Waals surface area (Å²) in [4.78, 5) is 35.7. The molecule has 0 fully saturated rings. The number of benzene rings is 2. The summed E-state index contributed by atoms with van der Waals surface area (Å²) in [6.07, 6.45) is 1.44. The average Bonchev–Trinajstić information content (AvgIpc) is 2.81. The Balaban J connectivity index is 1.83. The molecule has 0 spiro atoms. The summed E-state index contributed by atoms with van der Waals surface area (Å²) >= 11 is 6.07. The summed E-state index contributed by atoms with van der Waals surface area (Å²) in [5.74, 6) is -0.662. The Hall–Kier alpha value is -3.84. The minimum atomic E-state index is -0.732. The van der Waals surface area contributed by atoms with E-state index in [2.05, 4.69) is 9.97 Å². The molecule has 0 saturated carbocycles. The van der Waals surface area contributed by atoms with E-state index in [1.54, 1.807) is 25.1 Å². The predicted molar refractivity (Wildman–Crippen MR) is 122 cm³/mol. The van der Waals surface area contributed by atoms with Crippen LogP contribution in [0, 0.1) is 5.82 Å². The predicted octanol–water partition coefficient (Wildman–Crippen LogP) is 4.50. The molecule has 0 amide bonds. The van der Waals surface area contributed by atoms with Gasteiger partial charge in [-0.15, -0.1) is 0 Å². The van der Waals surface area contributed by atoms with Gasteiger partial charge in [0.25, 0.3) is 5.56 Å². The maximum atomic E-state index is 14.7. The van der Waals surface area contributed by atoms with Crippen LogP contribution in [0.3, 0.4) is 0 Å². The summed E-state index contributed by atoms with van der Waals surface area (Å²) in [6.45, 7) is 1.71. The molecule has 0 aliphatic carbocycles. The summed E-state index contributed by atoms with van der Waals surface area (Å²) < 4.78 is 16.9. The largest absolute Gasteiger partial charge is 0.338 e. The third-order valence-corrected chi connectivity index (χ3v) is 5.66. The van der Waals surface area contributed by atoms with Gasteiger partial charge in [0.1, 0.15) is 5.82 Å². The highest BCUT2D eigenvalue weighted by Crippen LogP contribution is 2.22. The molecule has 1 atom stereocenters. The van der Waals surface area contributed by atoms with Crippen LogP contribution in [0.2, 0.25) is 5.02 Å². The number of nitrogens with zero attached hydrogens (tertiary/aromatic N) is 4. The minimum absolute atomic E-state index is 0.0542. The molecule has 0 N–H and O–H groups in total. The van der Waals surface area contributed by atoms with E-state index < -0.39 is 23.1 Å². The molecule has 0 bridgehead atoms. The number of hydrogen-bond donors (Lipinski definition) is 0. The average molecular weight is 447 g/mol. The van der Waals surface area contributed by atoms with Crippen LogP contribution in [0.1, 0.15) is 18.7 Å². The van der Waals surface area contributed by atoms with Gasteiger partial charge >= 0.3 is 5.69 Å². The molecular formula is C24H16ClFN4O2. The Morgan fingerprint density at radius 3 is 2.66 bits per heavy atom. The Kier molecular flexibility index (Phi) is 4.83. The minimum Gasteiger partial charge on any atom is -0.268 e. The second-order valence-corrected chi connectivity index (χ2v) is 7.80. The molecule has 3 aromatic heterocycles. The number of pyridine rings is 2. The van der Waals surface area contributed by atoms with Crippen molar-refractivity contribution in [3.63, 3.8) is 0 Å². The van der Waals surface area contributed by atoms with Gasteiger partial charge in [-0.05, 0) is 49.4 Å². The van der Waals surface area contributed by atoms with Gasteiger partial charge < -0.3 is 0 Å². The van der Waals surface area contributed by atoms with E-state index in [0.29, 0.717) is 5.69 Å². The molecule has 1 unspecified atom stereocenters. The van der Waals surface area contributed by atoms with Crippen LogP contribution in [-0.2, 0) is 0 Å². The normalized spacial score (nSPS) is 12.3. The Morgan fingerprint density at radius 2 is 1.81 bits per heavy atom. The lowest BCUT2D eigenvalue weighted by Gasteiger charge is -2.18. The smallest absolute Gasteiger partial charge is 0.268 e. The second kappa shape index (κ2) is 7.69. The molecule has 0 aliphatic rings. The molecule has 158 valence electrons. The van der Waals surface area contributed by atoms with Gasteiger partial charge in [0.05, 0.1) is 28.3 Å². The van der Waals surface area contributed by atoms with Crippen molar-refractivity contribution in [2.24, 2.45) is 0 Å². The summed E-state index contributed by atoms with van der Waals surface area (Å²) in [7, 11) is 0. The zero-order valence-electron chi connectivity index (χ0n) is 16.9. The fraction of sp³-hybridized carbons (Fsp3) is 0.0833. The van der Waals surface area contributed by atoms with Crippen molar-refractivity contribution in [2.75, 3.05) is 0 Å². The molecule has 5 aromatic rings. The maximum Gasteiger partial charge on any atom is 0.338 e. The first-order valence-corrected chi connectivity index (χ1v) is 10.3. The van der Waals surface area contributed by atoms with Crippen molar-refractivity contribution in [3.8, 4) is 5.69 Å². The van der Waals surface area contributed by atoms with E-state index in [9.17, 15) is 14.0 Å². The summed E-state index contributed by atoms with van der Waals surface area (Å²) in [6, 6.07) is 17.6. The molecule has 0 saturated heterocycles. The van der Waals surface area contributed by atoms with E-state index in [-0.39, 0.29) is 21.7 Å². The monoisotopic (exact) mass is 446 g/mol. The molecular weight excluding hydrogens is 431 g/mol. The van der Waals surface area contributed by atoms with Crippen molar-refractivity contribution in [1.29, 1.82) is 0 Å². The first kappa shape index (κ1) is 20.1.